The number of carbonyl (C=O) groups is 1. The molecule has 0 bridgehead atoms. The normalized spacial score (nSPS) is 23.0. The zero-order valence-corrected chi connectivity index (χ0v) is 14.4. The summed E-state index contributed by atoms with van der Waals surface area (Å²) in [6.07, 6.45) is 1.45. The molecule has 1 heterocycles. The largest absolute Gasteiger partial charge is 0.465 e. The van der Waals surface area contributed by atoms with Crippen molar-refractivity contribution in [3.63, 3.8) is 0 Å². The molecule has 0 saturated carbocycles. The molecule has 1 aromatic rings. The number of halogens is 1. The summed E-state index contributed by atoms with van der Waals surface area (Å²) in [5.41, 5.74) is 1.74. The number of esters is 1. The van der Waals surface area contributed by atoms with E-state index < -0.39 is 0 Å². The Labute approximate surface area is 134 Å². The summed E-state index contributed by atoms with van der Waals surface area (Å²) in [6, 6.07) is 5.62. The fraction of sp³-hybridized carbons (Fsp3) is 0.562. The number of likely N-dealkylation sites (tertiary alicyclic amines) is 1. The molecular formula is C16H22BrNO3. The van der Waals surface area contributed by atoms with E-state index in [0.717, 1.165) is 30.5 Å². The molecule has 2 unspecified atom stereocenters. The van der Waals surface area contributed by atoms with E-state index in [9.17, 15) is 4.79 Å². The summed E-state index contributed by atoms with van der Waals surface area (Å²) in [7, 11) is 3.18. The Hall–Kier alpha value is -0.910. The van der Waals surface area contributed by atoms with E-state index in [1.807, 2.05) is 18.2 Å². The van der Waals surface area contributed by atoms with E-state index in [2.05, 4.69) is 27.8 Å². The number of benzene rings is 1. The third-order valence-corrected chi connectivity index (χ3v) is 4.88. The quantitative estimate of drug-likeness (QED) is 0.778. The van der Waals surface area contributed by atoms with Gasteiger partial charge in [-0.05, 0) is 36.6 Å². The first kappa shape index (κ1) is 16.5. The highest BCUT2D eigenvalue weighted by atomic mass is 79.9. The minimum absolute atomic E-state index is 0.298. The number of piperidine rings is 1. The number of methoxy groups -OCH3 is 2. The van der Waals surface area contributed by atoms with E-state index in [1.54, 1.807) is 7.11 Å². The van der Waals surface area contributed by atoms with Gasteiger partial charge in [0.05, 0.1) is 18.8 Å². The van der Waals surface area contributed by atoms with Gasteiger partial charge in [-0.15, -0.1) is 0 Å². The second-order valence-corrected chi connectivity index (χ2v) is 6.43. The summed E-state index contributed by atoms with van der Waals surface area (Å²) in [4.78, 5) is 13.9. The van der Waals surface area contributed by atoms with Crippen LogP contribution in [0.1, 0.15) is 29.3 Å². The number of carbonyl (C=O) groups excluding carboxylic acids is 1. The Kier molecular flexibility index (Phi) is 5.79. The highest BCUT2D eigenvalue weighted by molar-refractivity contribution is 9.10. The van der Waals surface area contributed by atoms with Crippen LogP contribution in [0.2, 0.25) is 0 Å². The van der Waals surface area contributed by atoms with Crippen molar-refractivity contribution in [1.82, 2.24) is 4.90 Å². The molecule has 116 valence electrons. The van der Waals surface area contributed by atoms with Crippen LogP contribution in [0.4, 0.5) is 0 Å². The van der Waals surface area contributed by atoms with Gasteiger partial charge < -0.3 is 9.47 Å². The van der Waals surface area contributed by atoms with Crippen LogP contribution >= 0.6 is 15.9 Å². The van der Waals surface area contributed by atoms with E-state index >= 15 is 0 Å². The van der Waals surface area contributed by atoms with Crippen molar-refractivity contribution >= 4 is 21.9 Å². The fourth-order valence-corrected chi connectivity index (χ4v) is 3.21. The molecule has 1 fully saturated rings. The van der Waals surface area contributed by atoms with E-state index in [1.165, 1.54) is 12.7 Å². The predicted molar refractivity (Wildman–Crippen MR) is 85.3 cm³/mol. The van der Waals surface area contributed by atoms with Gasteiger partial charge in [0.2, 0.25) is 0 Å². The van der Waals surface area contributed by atoms with Crippen molar-refractivity contribution in [3.05, 3.63) is 33.8 Å². The molecule has 1 saturated heterocycles. The lowest BCUT2D eigenvalue weighted by Crippen LogP contribution is -2.43. The van der Waals surface area contributed by atoms with Crippen LogP contribution in [-0.2, 0) is 16.0 Å². The lowest BCUT2D eigenvalue weighted by molar-refractivity contribution is -0.00750. The number of ether oxygens (including phenoxy) is 2. The summed E-state index contributed by atoms with van der Waals surface area (Å²) in [5, 5.41) is 0. The molecule has 21 heavy (non-hydrogen) atoms. The number of nitrogens with zero attached hydrogens (tertiary/aromatic N) is 1. The van der Waals surface area contributed by atoms with Crippen LogP contribution in [-0.4, -0.2) is 44.3 Å². The SMILES string of the molecule is COC(=O)c1ccc(CN2CCC(C)C(OC)C2)c(Br)c1. The molecule has 0 N–H and O–H groups in total. The van der Waals surface area contributed by atoms with E-state index in [4.69, 9.17) is 9.47 Å². The summed E-state index contributed by atoms with van der Waals surface area (Å²) >= 11 is 3.55. The first-order valence-electron chi connectivity index (χ1n) is 7.17. The molecule has 1 aliphatic rings. The molecule has 0 amide bonds. The van der Waals surface area contributed by atoms with Gasteiger partial charge in [0.25, 0.3) is 0 Å². The first-order chi connectivity index (χ1) is 10.0. The molecule has 0 aliphatic carbocycles. The molecule has 5 heteroatoms. The van der Waals surface area contributed by atoms with Gasteiger partial charge in [-0.3, -0.25) is 4.90 Å². The zero-order chi connectivity index (χ0) is 15.4. The second kappa shape index (κ2) is 7.38. The standard InChI is InChI=1S/C16H22BrNO3/c1-11-6-7-18(10-15(11)20-2)9-13-5-4-12(8-14(13)17)16(19)21-3/h4-5,8,11,15H,6-7,9-10H2,1-3H3. The van der Waals surface area contributed by atoms with Crippen LogP contribution in [0, 0.1) is 5.92 Å². The van der Waals surface area contributed by atoms with Gasteiger partial charge in [0, 0.05) is 24.7 Å². The Morgan fingerprint density at radius 3 is 2.81 bits per heavy atom. The Bertz CT molecular complexity index is 506. The fourth-order valence-electron chi connectivity index (χ4n) is 2.71. The van der Waals surface area contributed by atoms with Crippen LogP contribution < -0.4 is 0 Å². The summed E-state index contributed by atoms with van der Waals surface area (Å²) in [6.45, 7) is 5.12. The molecule has 0 spiro atoms. The van der Waals surface area contributed by atoms with Crippen molar-refractivity contribution in [2.24, 2.45) is 5.92 Å². The zero-order valence-electron chi connectivity index (χ0n) is 12.8. The van der Waals surface area contributed by atoms with Crippen molar-refractivity contribution in [1.29, 1.82) is 0 Å². The molecule has 2 atom stereocenters. The number of hydrogen-bond donors (Lipinski definition) is 0. The average Bonchev–Trinajstić information content (AvgIpc) is 2.50. The molecule has 2 rings (SSSR count). The van der Waals surface area contributed by atoms with Crippen molar-refractivity contribution in [3.8, 4) is 0 Å². The van der Waals surface area contributed by atoms with Gasteiger partial charge in [0.1, 0.15) is 0 Å². The average molecular weight is 356 g/mol. The van der Waals surface area contributed by atoms with E-state index in [-0.39, 0.29) is 5.97 Å². The monoisotopic (exact) mass is 355 g/mol. The Morgan fingerprint density at radius 1 is 1.43 bits per heavy atom. The maximum Gasteiger partial charge on any atom is 0.337 e. The van der Waals surface area contributed by atoms with Gasteiger partial charge in [-0.1, -0.05) is 28.9 Å². The molecule has 1 aromatic carbocycles. The maximum atomic E-state index is 11.5. The molecule has 0 aromatic heterocycles. The Balaban J connectivity index is 2.04. The predicted octanol–water partition coefficient (Wildman–Crippen LogP) is 3.09. The van der Waals surface area contributed by atoms with Crippen LogP contribution in [0.25, 0.3) is 0 Å². The minimum Gasteiger partial charge on any atom is -0.465 e. The third kappa shape index (κ3) is 4.05. The summed E-state index contributed by atoms with van der Waals surface area (Å²) in [5.74, 6) is 0.296. The first-order valence-corrected chi connectivity index (χ1v) is 7.96. The highest BCUT2D eigenvalue weighted by Crippen LogP contribution is 2.25. The highest BCUT2D eigenvalue weighted by Gasteiger charge is 2.26. The molecule has 4 nitrogen and oxygen atoms in total. The van der Waals surface area contributed by atoms with Crippen LogP contribution in [0.15, 0.2) is 22.7 Å². The Morgan fingerprint density at radius 2 is 2.19 bits per heavy atom. The third-order valence-electron chi connectivity index (χ3n) is 4.14. The second-order valence-electron chi connectivity index (χ2n) is 5.57. The van der Waals surface area contributed by atoms with E-state index in [0.29, 0.717) is 17.6 Å². The molecule has 1 aliphatic heterocycles. The van der Waals surface area contributed by atoms with Crippen molar-refractivity contribution in [2.45, 2.75) is 26.0 Å². The van der Waals surface area contributed by atoms with Gasteiger partial charge in [0.15, 0.2) is 0 Å². The van der Waals surface area contributed by atoms with Crippen LogP contribution in [0.5, 0.6) is 0 Å². The van der Waals surface area contributed by atoms with Crippen molar-refractivity contribution < 1.29 is 14.3 Å². The maximum absolute atomic E-state index is 11.5. The van der Waals surface area contributed by atoms with Gasteiger partial charge >= 0.3 is 5.97 Å². The van der Waals surface area contributed by atoms with Crippen LogP contribution in [0.3, 0.4) is 0 Å². The molecule has 0 radical (unpaired) electrons. The smallest absolute Gasteiger partial charge is 0.337 e. The molecular weight excluding hydrogens is 334 g/mol. The summed E-state index contributed by atoms with van der Waals surface area (Å²) < 4.78 is 11.2. The van der Waals surface area contributed by atoms with Gasteiger partial charge in [-0.2, -0.15) is 0 Å². The number of hydrogen-bond acceptors (Lipinski definition) is 4. The van der Waals surface area contributed by atoms with Crippen molar-refractivity contribution in [2.75, 3.05) is 27.3 Å². The lowest BCUT2D eigenvalue weighted by Gasteiger charge is -2.36. The topological polar surface area (TPSA) is 38.8 Å². The minimum atomic E-state index is -0.312. The lowest BCUT2D eigenvalue weighted by atomic mass is 9.95. The van der Waals surface area contributed by atoms with Gasteiger partial charge in [-0.25, -0.2) is 4.79 Å². The number of rotatable bonds is 4.